The van der Waals surface area contributed by atoms with Crippen LogP contribution >= 0.6 is 0 Å². The van der Waals surface area contributed by atoms with Crippen LogP contribution in [0, 0.1) is 0 Å². The smallest absolute Gasteiger partial charge is 0.381 e. The number of alkyl halides is 3. The van der Waals surface area contributed by atoms with Crippen molar-refractivity contribution < 1.29 is 18.0 Å². The van der Waals surface area contributed by atoms with Crippen molar-refractivity contribution in [2.75, 3.05) is 12.3 Å². The van der Waals surface area contributed by atoms with Crippen LogP contribution < -0.4 is 5.73 Å². The Bertz CT molecular complexity index is 1370. The van der Waals surface area contributed by atoms with Gasteiger partial charge in [0.05, 0.1) is 17.1 Å². The first kappa shape index (κ1) is 20.2. The predicted octanol–water partition coefficient (Wildman–Crippen LogP) is 3.42. The van der Waals surface area contributed by atoms with Crippen molar-refractivity contribution >= 4 is 28.4 Å². The third kappa shape index (κ3) is 3.12. The van der Waals surface area contributed by atoms with Crippen LogP contribution in [0.2, 0.25) is 0 Å². The molecule has 1 atom stereocenters. The number of hydrogen-bond donors (Lipinski definition) is 1. The summed E-state index contributed by atoms with van der Waals surface area (Å²) in [6.45, 7) is 2.23. The van der Waals surface area contributed by atoms with Crippen LogP contribution in [-0.2, 0) is 12.6 Å². The number of amides is 1. The fourth-order valence-corrected chi connectivity index (χ4v) is 4.31. The fraction of sp³-hybridized carbons (Fsp3) is 0.286. The third-order valence-electron chi connectivity index (χ3n) is 5.79. The summed E-state index contributed by atoms with van der Waals surface area (Å²) < 4.78 is 40.7. The molecule has 3 aromatic heterocycles. The van der Waals surface area contributed by atoms with Crippen molar-refractivity contribution in [1.82, 2.24) is 29.5 Å². The van der Waals surface area contributed by atoms with E-state index in [1.807, 2.05) is 6.92 Å². The number of carbonyl (C=O) groups is 1. The van der Waals surface area contributed by atoms with E-state index in [1.54, 1.807) is 27.5 Å². The van der Waals surface area contributed by atoms with Gasteiger partial charge in [-0.15, -0.1) is 10.2 Å². The lowest BCUT2D eigenvalue weighted by molar-refractivity contribution is -0.141. The highest BCUT2D eigenvalue weighted by Crippen LogP contribution is 2.38. The summed E-state index contributed by atoms with van der Waals surface area (Å²) in [5, 5.41) is 7.81. The van der Waals surface area contributed by atoms with Crippen molar-refractivity contribution in [2.45, 2.75) is 32.0 Å². The highest BCUT2D eigenvalue weighted by atomic mass is 19.4. The summed E-state index contributed by atoms with van der Waals surface area (Å²) in [7, 11) is 0. The number of fused-ring (bicyclic) bond motifs is 4. The molecule has 11 heteroatoms. The number of hydrogen-bond acceptors (Lipinski definition) is 6. The standard InChI is InChI=1S/C21H18F3N7O/c1-2-30(15-7-6-13-12(15)4-8-17(27-13)21(22,23)24)20(32)11-3-5-14-16(9-11)31-10-26-29-19(31)18(25)28-14/h3-5,8-10,15H,2,6-7H2,1H3,(H2,25,28). The van der Waals surface area contributed by atoms with Gasteiger partial charge in [0.25, 0.3) is 5.91 Å². The average molecular weight is 441 g/mol. The number of aromatic nitrogens is 5. The number of aryl methyl sites for hydroxylation is 1. The molecule has 1 unspecified atom stereocenters. The highest BCUT2D eigenvalue weighted by molar-refractivity contribution is 5.98. The van der Waals surface area contributed by atoms with E-state index in [2.05, 4.69) is 20.2 Å². The first-order valence-electron chi connectivity index (χ1n) is 10.0. The number of carbonyl (C=O) groups excluding carboxylic acids is 1. The Hall–Kier alpha value is -3.76. The molecule has 3 heterocycles. The van der Waals surface area contributed by atoms with Gasteiger partial charge in [-0.3, -0.25) is 9.20 Å². The van der Waals surface area contributed by atoms with Crippen LogP contribution in [-0.4, -0.2) is 41.9 Å². The second-order valence-electron chi connectivity index (χ2n) is 7.60. The van der Waals surface area contributed by atoms with Crippen molar-refractivity contribution in [2.24, 2.45) is 0 Å². The maximum Gasteiger partial charge on any atom is 0.433 e. The molecule has 1 aromatic carbocycles. The van der Waals surface area contributed by atoms with Crippen LogP contribution in [0.15, 0.2) is 36.7 Å². The average Bonchev–Trinajstić information content (AvgIpc) is 3.41. The first-order chi connectivity index (χ1) is 15.3. The topological polar surface area (TPSA) is 102 Å². The molecule has 164 valence electrons. The van der Waals surface area contributed by atoms with Gasteiger partial charge in [-0.1, -0.05) is 6.07 Å². The molecule has 1 aliphatic carbocycles. The molecule has 0 saturated heterocycles. The SMILES string of the molecule is CCN(C(=O)c1ccc2nc(N)c3nncn3c2c1)C1CCc2nc(C(F)(F)F)ccc21. The van der Waals surface area contributed by atoms with E-state index < -0.39 is 11.9 Å². The van der Waals surface area contributed by atoms with Crippen LogP contribution in [0.3, 0.4) is 0 Å². The Morgan fingerprint density at radius 2 is 2.06 bits per heavy atom. The maximum absolute atomic E-state index is 13.4. The Morgan fingerprint density at radius 1 is 1.25 bits per heavy atom. The largest absolute Gasteiger partial charge is 0.433 e. The molecule has 5 rings (SSSR count). The zero-order chi connectivity index (χ0) is 22.6. The molecule has 0 saturated carbocycles. The normalized spacial score (nSPS) is 15.9. The summed E-state index contributed by atoms with van der Waals surface area (Å²) in [5.74, 6) is 0.00254. The molecule has 0 spiro atoms. The lowest BCUT2D eigenvalue weighted by Crippen LogP contribution is -2.34. The molecule has 0 radical (unpaired) electrons. The van der Waals surface area contributed by atoms with Crippen molar-refractivity contribution in [1.29, 1.82) is 0 Å². The molecule has 2 N–H and O–H groups in total. The van der Waals surface area contributed by atoms with E-state index in [4.69, 9.17) is 5.73 Å². The van der Waals surface area contributed by atoms with Crippen molar-refractivity contribution in [3.05, 3.63) is 59.2 Å². The molecule has 8 nitrogen and oxygen atoms in total. The molecule has 4 aromatic rings. The zero-order valence-electron chi connectivity index (χ0n) is 17.0. The molecule has 0 bridgehead atoms. The van der Waals surface area contributed by atoms with Gasteiger partial charge >= 0.3 is 6.18 Å². The van der Waals surface area contributed by atoms with E-state index >= 15 is 0 Å². The predicted molar refractivity (Wildman–Crippen MR) is 110 cm³/mol. The van der Waals surface area contributed by atoms with Crippen LogP contribution in [0.4, 0.5) is 19.0 Å². The monoisotopic (exact) mass is 441 g/mol. The molecule has 1 aliphatic rings. The summed E-state index contributed by atoms with van der Waals surface area (Å²) in [6.07, 6.45) is -2.09. The highest BCUT2D eigenvalue weighted by Gasteiger charge is 2.36. The number of nitrogen functional groups attached to an aromatic ring is 1. The molecule has 0 fully saturated rings. The fourth-order valence-electron chi connectivity index (χ4n) is 4.31. The van der Waals surface area contributed by atoms with Gasteiger partial charge < -0.3 is 10.6 Å². The summed E-state index contributed by atoms with van der Waals surface area (Å²) in [5.41, 5.74) is 8.08. The Labute approximate surface area is 179 Å². The van der Waals surface area contributed by atoms with Gasteiger partial charge in [-0.25, -0.2) is 9.97 Å². The quantitative estimate of drug-likeness (QED) is 0.523. The minimum Gasteiger partial charge on any atom is -0.381 e. The molecule has 0 aliphatic heterocycles. The number of nitrogens with zero attached hydrogens (tertiary/aromatic N) is 6. The number of halogens is 3. The van der Waals surface area contributed by atoms with Crippen molar-refractivity contribution in [3.63, 3.8) is 0 Å². The second kappa shape index (κ2) is 7.14. The van der Waals surface area contributed by atoms with Gasteiger partial charge in [0.15, 0.2) is 5.82 Å². The summed E-state index contributed by atoms with van der Waals surface area (Å²) in [6, 6.07) is 7.14. The van der Waals surface area contributed by atoms with E-state index in [0.717, 1.165) is 6.07 Å². The van der Waals surface area contributed by atoms with Crippen molar-refractivity contribution in [3.8, 4) is 0 Å². The van der Waals surface area contributed by atoms with E-state index in [9.17, 15) is 18.0 Å². The number of rotatable bonds is 3. The lowest BCUT2D eigenvalue weighted by atomic mass is 10.1. The zero-order valence-corrected chi connectivity index (χ0v) is 17.0. The lowest BCUT2D eigenvalue weighted by Gasteiger charge is -2.28. The number of anilines is 1. The van der Waals surface area contributed by atoms with Crippen LogP contribution in [0.1, 0.15) is 46.7 Å². The molecule has 32 heavy (non-hydrogen) atoms. The molecular weight excluding hydrogens is 423 g/mol. The number of pyridine rings is 1. The van der Waals surface area contributed by atoms with Gasteiger partial charge in [-0.2, -0.15) is 13.2 Å². The minimum atomic E-state index is -4.50. The summed E-state index contributed by atoms with van der Waals surface area (Å²) >= 11 is 0. The Morgan fingerprint density at radius 3 is 2.81 bits per heavy atom. The van der Waals surface area contributed by atoms with Crippen LogP contribution in [0.25, 0.3) is 16.7 Å². The van der Waals surface area contributed by atoms with Gasteiger partial charge in [0.2, 0.25) is 5.65 Å². The first-order valence-corrected chi connectivity index (χ1v) is 10.0. The molecule has 1 amide bonds. The third-order valence-corrected chi connectivity index (χ3v) is 5.79. The Kier molecular flexibility index (Phi) is 4.50. The van der Waals surface area contributed by atoms with E-state index in [0.29, 0.717) is 52.9 Å². The maximum atomic E-state index is 13.4. The van der Waals surface area contributed by atoms with Gasteiger partial charge in [0, 0.05) is 17.8 Å². The summed E-state index contributed by atoms with van der Waals surface area (Å²) in [4.78, 5) is 23.2. The van der Waals surface area contributed by atoms with E-state index in [-0.39, 0.29) is 17.8 Å². The molecular formula is C21H18F3N7O. The minimum absolute atomic E-state index is 0.231. The van der Waals surface area contributed by atoms with Crippen LogP contribution in [0.5, 0.6) is 0 Å². The van der Waals surface area contributed by atoms with Gasteiger partial charge in [0.1, 0.15) is 12.0 Å². The van der Waals surface area contributed by atoms with E-state index in [1.165, 1.54) is 12.4 Å². The van der Waals surface area contributed by atoms with Gasteiger partial charge in [-0.05, 0) is 49.6 Å². The Balaban J connectivity index is 1.52. The second-order valence-corrected chi connectivity index (χ2v) is 7.60. The number of benzene rings is 1. The number of nitrogens with two attached hydrogens (primary N) is 1.